The van der Waals surface area contributed by atoms with E-state index in [0.717, 1.165) is 17.8 Å². The van der Waals surface area contributed by atoms with Crippen LogP contribution in [0.15, 0.2) is 0 Å². The predicted octanol–water partition coefficient (Wildman–Crippen LogP) is 2.80. The van der Waals surface area contributed by atoms with Crippen molar-refractivity contribution < 1.29 is 0 Å². The van der Waals surface area contributed by atoms with Gasteiger partial charge < -0.3 is 5.73 Å². The molecule has 1 nitrogen and oxygen atoms in total. The summed E-state index contributed by atoms with van der Waals surface area (Å²) in [7, 11) is 0. The lowest BCUT2D eigenvalue weighted by molar-refractivity contribution is 0.202. The first-order valence-corrected chi connectivity index (χ1v) is 5.35. The van der Waals surface area contributed by atoms with E-state index in [2.05, 4.69) is 20.8 Å². The van der Waals surface area contributed by atoms with Crippen LogP contribution in [0, 0.1) is 17.8 Å². The Bertz CT molecular complexity index is 129. The minimum atomic E-state index is 0.491. The van der Waals surface area contributed by atoms with Crippen molar-refractivity contribution in [3.8, 4) is 0 Å². The van der Waals surface area contributed by atoms with Gasteiger partial charge in [0, 0.05) is 6.04 Å². The highest BCUT2D eigenvalue weighted by molar-refractivity contribution is 4.80. The first-order chi connectivity index (χ1) is 5.59. The van der Waals surface area contributed by atoms with Crippen LogP contribution in [0.3, 0.4) is 0 Å². The van der Waals surface area contributed by atoms with E-state index < -0.39 is 0 Å². The molecule has 2 N–H and O–H groups in total. The molecule has 1 aliphatic carbocycles. The van der Waals surface area contributed by atoms with E-state index in [9.17, 15) is 0 Å². The highest BCUT2D eigenvalue weighted by Gasteiger charge is 2.25. The molecule has 0 aromatic carbocycles. The summed E-state index contributed by atoms with van der Waals surface area (Å²) in [5.41, 5.74) is 5.96. The molecule has 12 heavy (non-hydrogen) atoms. The molecular weight excluding hydrogens is 146 g/mol. The molecule has 1 aliphatic rings. The standard InChI is InChI=1S/C11H23N/c1-8(2)6-10-7-11(12)5-4-9(10)3/h8-11H,4-7,12H2,1-3H3. The van der Waals surface area contributed by atoms with Crippen molar-refractivity contribution >= 4 is 0 Å². The average Bonchev–Trinajstić information content (AvgIpc) is 1.96. The molecule has 0 aromatic heterocycles. The van der Waals surface area contributed by atoms with Gasteiger partial charge in [-0.15, -0.1) is 0 Å². The Labute approximate surface area is 76.7 Å². The quantitative estimate of drug-likeness (QED) is 0.676. The second-order valence-electron chi connectivity index (χ2n) is 4.94. The van der Waals surface area contributed by atoms with Crippen LogP contribution >= 0.6 is 0 Å². The first-order valence-electron chi connectivity index (χ1n) is 5.35. The molecular formula is C11H23N. The average molecular weight is 169 g/mol. The zero-order valence-corrected chi connectivity index (χ0v) is 8.72. The monoisotopic (exact) mass is 169 g/mol. The van der Waals surface area contributed by atoms with Gasteiger partial charge in [0.25, 0.3) is 0 Å². The summed E-state index contributed by atoms with van der Waals surface area (Å²) in [5, 5.41) is 0. The first kappa shape index (κ1) is 10.0. The number of hydrogen-bond acceptors (Lipinski definition) is 1. The summed E-state index contributed by atoms with van der Waals surface area (Å²) in [6.45, 7) is 7.01. The Morgan fingerprint density at radius 2 is 2.00 bits per heavy atom. The molecule has 3 unspecified atom stereocenters. The van der Waals surface area contributed by atoms with Crippen LogP contribution in [-0.2, 0) is 0 Å². The van der Waals surface area contributed by atoms with Gasteiger partial charge in [0.2, 0.25) is 0 Å². The van der Waals surface area contributed by atoms with Crippen LogP contribution in [-0.4, -0.2) is 6.04 Å². The lowest BCUT2D eigenvalue weighted by atomic mass is 9.74. The lowest BCUT2D eigenvalue weighted by Gasteiger charge is -2.33. The number of rotatable bonds is 2. The predicted molar refractivity (Wildman–Crippen MR) is 53.9 cm³/mol. The van der Waals surface area contributed by atoms with Crippen molar-refractivity contribution in [1.82, 2.24) is 0 Å². The van der Waals surface area contributed by atoms with Crippen LogP contribution in [0.25, 0.3) is 0 Å². The smallest absolute Gasteiger partial charge is 0.00416 e. The maximum absolute atomic E-state index is 5.96. The van der Waals surface area contributed by atoms with Crippen molar-refractivity contribution in [2.24, 2.45) is 23.5 Å². The van der Waals surface area contributed by atoms with Gasteiger partial charge in [-0.3, -0.25) is 0 Å². The molecule has 1 saturated carbocycles. The Morgan fingerprint density at radius 1 is 1.33 bits per heavy atom. The largest absolute Gasteiger partial charge is 0.328 e. The van der Waals surface area contributed by atoms with E-state index in [4.69, 9.17) is 5.73 Å². The second-order valence-corrected chi connectivity index (χ2v) is 4.94. The van der Waals surface area contributed by atoms with E-state index in [1.54, 1.807) is 0 Å². The molecule has 0 radical (unpaired) electrons. The zero-order chi connectivity index (χ0) is 9.14. The van der Waals surface area contributed by atoms with E-state index in [0.29, 0.717) is 6.04 Å². The molecule has 72 valence electrons. The minimum absolute atomic E-state index is 0.491. The molecule has 0 aliphatic heterocycles. The molecule has 3 atom stereocenters. The molecule has 0 aromatic rings. The van der Waals surface area contributed by atoms with Gasteiger partial charge in [-0.2, -0.15) is 0 Å². The SMILES string of the molecule is CC(C)CC1CC(N)CCC1C. The van der Waals surface area contributed by atoms with Crippen molar-refractivity contribution in [1.29, 1.82) is 0 Å². The van der Waals surface area contributed by atoms with Crippen LogP contribution in [0.4, 0.5) is 0 Å². The highest BCUT2D eigenvalue weighted by Crippen LogP contribution is 2.33. The van der Waals surface area contributed by atoms with Crippen molar-refractivity contribution in [2.75, 3.05) is 0 Å². The minimum Gasteiger partial charge on any atom is -0.328 e. The van der Waals surface area contributed by atoms with E-state index in [1.165, 1.54) is 25.7 Å². The molecule has 0 heterocycles. The maximum Gasteiger partial charge on any atom is 0.00416 e. The van der Waals surface area contributed by atoms with Crippen LogP contribution < -0.4 is 5.73 Å². The molecule has 0 spiro atoms. The van der Waals surface area contributed by atoms with Gasteiger partial charge in [0.15, 0.2) is 0 Å². The Kier molecular flexibility index (Phi) is 3.57. The summed E-state index contributed by atoms with van der Waals surface area (Å²) >= 11 is 0. The van der Waals surface area contributed by atoms with Gasteiger partial charge in [-0.25, -0.2) is 0 Å². The van der Waals surface area contributed by atoms with Gasteiger partial charge in [0.1, 0.15) is 0 Å². The van der Waals surface area contributed by atoms with Gasteiger partial charge in [-0.1, -0.05) is 20.8 Å². The summed E-state index contributed by atoms with van der Waals surface area (Å²) < 4.78 is 0. The fourth-order valence-electron chi connectivity index (χ4n) is 2.39. The summed E-state index contributed by atoms with van der Waals surface area (Å²) in [6, 6.07) is 0.491. The summed E-state index contributed by atoms with van der Waals surface area (Å²) in [6.07, 6.45) is 5.22. The second kappa shape index (κ2) is 4.27. The van der Waals surface area contributed by atoms with E-state index in [-0.39, 0.29) is 0 Å². The van der Waals surface area contributed by atoms with Crippen LogP contribution in [0.2, 0.25) is 0 Å². The van der Waals surface area contributed by atoms with Crippen LogP contribution in [0.5, 0.6) is 0 Å². The summed E-state index contributed by atoms with van der Waals surface area (Å²) in [4.78, 5) is 0. The Balaban J connectivity index is 2.38. The fourth-order valence-corrected chi connectivity index (χ4v) is 2.39. The molecule has 0 saturated heterocycles. The van der Waals surface area contributed by atoms with Crippen molar-refractivity contribution in [3.05, 3.63) is 0 Å². The topological polar surface area (TPSA) is 26.0 Å². The molecule has 1 heteroatoms. The van der Waals surface area contributed by atoms with E-state index in [1.807, 2.05) is 0 Å². The lowest BCUT2D eigenvalue weighted by Crippen LogP contribution is -2.32. The third-order valence-corrected chi connectivity index (χ3v) is 3.18. The zero-order valence-electron chi connectivity index (χ0n) is 8.72. The van der Waals surface area contributed by atoms with E-state index >= 15 is 0 Å². The molecule has 0 bridgehead atoms. The summed E-state index contributed by atoms with van der Waals surface area (Å²) in [5.74, 6) is 2.64. The molecule has 0 amide bonds. The third-order valence-electron chi connectivity index (χ3n) is 3.18. The highest BCUT2D eigenvalue weighted by atomic mass is 14.6. The van der Waals surface area contributed by atoms with Gasteiger partial charge >= 0.3 is 0 Å². The third kappa shape index (κ3) is 2.78. The molecule has 1 fully saturated rings. The molecule has 1 rings (SSSR count). The van der Waals surface area contributed by atoms with Crippen molar-refractivity contribution in [3.63, 3.8) is 0 Å². The van der Waals surface area contributed by atoms with Crippen molar-refractivity contribution in [2.45, 2.75) is 52.5 Å². The van der Waals surface area contributed by atoms with Crippen LogP contribution in [0.1, 0.15) is 46.5 Å². The number of nitrogens with two attached hydrogens (primary N) is 1. The fraction of sp³-hybridized carbons (Fsp3) is 1.00. The maximum atomic E-state index is 5.96. The van der Waals surface area contributed by atoms with Gasteiger partial charge in [0.05, 0.1) is 0 Å². The normalized spacial score (nSPS) is 37.2. The number of hydrogen-bond donors (Lipinski definition) is 1. The Hall–Kier alpha value is -0.0400. The Morgan fingerprint density at radius 3 is 2.58 bits per heavy atom. The van der Waals surface area contributed by atoms with Gasteiger partial charge in [-0.05, 0) is 43.4 Å².